The Labute approximate surface area is 183 Å². The summed E-state index contributed by atoms with van der Waals surface area (Å²) in [6, 6.07) is 15.9. The van der Waals surface area contributed by atoms with E-state index in [4.69, 9.17) is 19.9 Å². The molecule has 0 fully saturated rings. The van der Waals surface area contributed by atoms with Gasteiger partial charge in [0.05, 0.1) is 18.4 Å². The molecule has 1 aliphatic heterocycles. The Balaban J connectivity index is 1.42. The molecule has 2 heterocycles. The summed E-state index contributed by atoms with van der Waals surface area (Å²) in [6.45, 7) is 0.460. The molecule has 1 aliphatic rings. The summed E-state index contributed by atoms with van der Waals surface area (Å²) < 4.78 is 16.6. The maximum atomic E-state index is 12.0. The molecule has 3 aromatic rings. The number of carbonyl (C=O) groups excluding carboxylic acids is 1. The second-order valence-corrected chi connectivity index (χ2v) is 6.79. The van der Waals surface area contributed by atoms with Gasteiger partial charge in [-0.25, -0.2) is 14.6 Å². The first-order chi connectivity index (χ1) is 15.5. The molecule has 1 aromatic heterocycles. The fourth-order valence-electron chi connectivity index (χ4n) is 3.04. The molecule has 164 valence electrons. The summed E-state index contributed by atoms with van der Waals surface area (Å²) in [7, 11) is 0. The van der Waals surface area contributed by atoms with Crippen molar-refractivity contribution in [2.75, 3.05) is 29.1 Å². The minimum atomic E-state index is -1.15. The smallest absolute Gasteiger partial charge is 0.413 e. The zero-order chi connectivity index (χ0) is 22.5. The number of nitrogens with two attached hydrogens (primary N) is 1. The summed E-state index contributed by atoms with van der Waals surface area (Å²) in [6.07, 6.45) is -0.415. The number of nitrogens with one attached hydrogen (secondary N) is 1. The molecule has 32 heavy (non-hydrogen) atoms. The van der Waals surface area contributed by atoms with Crippen molar-refractivity contribution in [1.82, 2.24) is 4.98 Å². The van der Waals surface area contributed by atoms with Crippen LogP contribution in [0, 0.1) is 0 Å². The third kappa shape index (κ3) is 4.64. The van der Waals surface area contributed by atoms with Crippen molar-refractivity contribution < 1.29 is 28.9 Å². The van der Waals surface area contributed by atoms with Crippen LogP contribution in [0.2, 0.25) is 0 Å². The van der Waals surface area contributed by atoms with Crippen LogP contribution >= 0.6 is 0 Å². The highest BCUT2D eigenvalue weighted by molar-refractivity contribution is 5.89. The highest BCUT2D eigenvalue weighted by atomic mass is 16.5. The molecular weight excluding hydrogens is 416 g/mol. The number of ether oxygens (including phenoxy) is 3. The first kappa shape index (κ1) is 20.8. The average Bonchev–Trinajstić information content (AvgIpc) is 2.81. The highest BCUT2D eigenvalue weighted by Crippen LogP contribution is 2.44. The molecule has 0 saturated heterocycles. The lowest BCUT2D eigenvalue weighted by molar-refractivity contribution is 0.155. The zero-order valence-electron chi connectivity index (χ0n) is 16.9. The molecule has 2 aromatic carbocycles. The lowest BCUT2D eigenvalue weighted by Crippen LogP contribution is -2.37. The number of nitrogens with zero attached hydrogens (tertiary/aromatic N) is 2. The van der Waals surface area contributed by atoms with Crippen molar-refractivity contribution in [3.63, 3.8) is 0 Å². The Morgan fingerprint density at radius 2 is 1.91 bits per heavy atom. The van der Waals surface area contributed by atoms with Gasteiger partial charge in [0.15, 0.2) is 11.6 Å². The molecule has 0 atom stereocenters. The van der Waals surface area contributed by atoms with Gasteiger partial charge in [0.1, 0.15) is 19.0 Å². The van der Waals surface area contributed by atoms with E-state index >= 15 is 0 Å². The molecule has 0 unspecified atom stereocenters. The van der Waals surface area contributed by atoms with E-state index in [1.165, 1.54) is 6.20 Å². The third-order valence-electron chi connectivity index (χ3n) is 4.58. The fourth-order valence-corrected chi connectivity index (χ4v) is 3.04. The normalized spacial score (nSPS) is 12.3. The molecule has 10 nitrogen and oxygen atoms in total. The van der Waals surface area contributed by atoms with Crippen molar-refractivity contribution in [2.45, 2.75) is 6.61 Å². The molecular formula is C22H20N4O6. The second-order valence-electron chi connectivity index (χ2n) is 6.79. The van der Waals surface area contributed by atoms with Crippen molar-refractivity contribution in [1.29, 1.82) is 0 Å². The Morgan fingerprint density at radius 1 is 1.16 bits per heavy atom. The fraction of sp³-hybridized carbons (Fsp3) is 0.136. The molecule has 0 saturated carbocycles. The average molecular weight is 436 g/mol. The van der Waals surface area contributed by atoms with E-state index in [1.54, 1.807) is 24.3 Å². The minimum absolute atomic E-state index is 0.118. The van der Waals surface area contributed by atoms with E-state index in [9.17, 15) is 14.7 Å². The van der Waals surface area contributed by atoms with Crippen molar-refractivity contribution in [3.8, 4) is 17.2 Å². The summed E-state index contributed by atoms with van der Waals surface area (Å²) in [5.74, 6) is 0.853. The van der Waals surface area contributed by atoms with Crippen LogP contribution in [0.3, 0.4) is 0 Å². The van der Waals surface area contributed by atoms with Crippen LogP contribution in [0.25, 0.3) is 0 Å². The number of aromatic nitrogens is 1. The highest BCUT2D eigenvalue weighted by Gasteiger charge is 2.29. The summed E-state index contributed by atoms with van der Waals surface area (Å²) in [5, 5.41) is 12.0. The van der Waals surface area contributed by atoms with Gasteiger partial charge >= 0.3 is 12.2 Å². The van der Waals surface area contributed by atoms with Crippen molar-refractivity contribution in [2.24, 2.45) is 0 Å². The SMILES string of the molecule is Nc1cnc2c(c1Oc1ccc(NC(=O)OCc3ccccc3)cc1)OCCN2C(=O)O. The molecule has 10 heteroatoms. The quantitative estimate of drug-likeness (QED) is 0.544. The number of pyridine rings is 1. The van der Waals surface area contributed by atoms with Crippen LogP contribution in [0.5, 0.6) is 17.2 Å². The monoisotopic (exact) mass is 436 g/mol. The minimum Gasteiger partial charge on any atom is -0.484 e. The van der Waals surface area contributed by atoms with Gasteiger partial charge in [-0.2, -0.15) is 0 Å². The van der Waals surface area contributed by atoms with E-state index in [0.29, 0.717) is 11.4 Å². The van der Waals surface area contributed by atoms with Crippen LogP contribution in [0.4, 0.5) is 26.8 Å². The van der Waals surface area contributed by atoms with Crippen LogP contribution in [-0.4, -0.2) is 35.4 Å². The largest absolute Gasteiger partial charge is 0.484 e. The summed E-state index contributed by atoms with van der Waals surface area (Å²) in [5.41, 5.74) is 7.57. The number of fused-ring (bicyclic) bond motifs is 1. The number of nitrogen functional groups attached to an aromatic ring is 1. The zero-order valence-corrected chi connectivity index (χ0v) is 16.9. The Hall–Kier alpha value is -4.47. The van der Waals surface area contributed by atoms with Crippen molar-refractivity contribution in [3.05, 3.63) is 66.4 Å². The van der Waals surface area contributed by atoms with Crippen LogP contribution in [-0.2, 0) is 11.3 Å². The third-order valence-corrected chi connectivity index (χ3v) is 4.58. The van der Waals surface area contributed by atoms with Gasteiger partial charge in [-0.05, 0) is 29.8 Å². The molecule has 4 rings (SSSR count). The number of anilines is 3. The molecule has 0 radical (unpaired) electrons. The van der Waals surface area contributed by atoms with Gasteiger partial charge < -0.3 is 25.1 Å². The number of carboxylic acid groups (broad SMARTS) is 1. The lowest BCUT2D eigenvalue weighted by Gasteiger charge is -2.27. The van der Waals surface area contributed by atoms with Gasteiger partial charge in [0.2, 0.25) is 5.75 Å². The van der Waals surface area contributed by atoms with Gasteiger partial charge in [0.25, 0.3) is 0 Å². The van der Waals surface area contributed by atoms with Gasteiger partial charge in [-0.3, -0.25) is 10.2 Å². The van der Waals surface area contributed by atoms with Crippen LogP contribution in [0.1, 0.15) is 5.56 Å². The van der Waals surface area contributed by atoms with E-state index in [-0.39, 0.29) is 42.8 Å². The van der Waals surface area contributed by atoms with Gasteiger partial charge in [-0.1, -0.05) is 30.3 Å². The molecule has 0 bridgehead atoms. The topological polar surface area (TPSA) is 136 Å². The number of carbonyl (C=O) groups is 2. The Morgan fingerprint density at radius 3 is 2.62 bits per heavy atom. The lowest BCUT2D eigenvalue weighted by atomic mass is 10.2. The molecule has 2 amide bonds. The number of hydrogen-bond acceptors (Lipinski definition) is 7. The molecule has 0 spiro atoms. The summed E-state index contributed by atoms with van der Waals surface area (Å²) in [4.78, 5) is 28.6. The second kappa shape index (κ2) is 9.13. The number of amides is 2. The maximum Gasteiger partial charge on any atom is 0.413 e. The van der Waals surface area contributed by atoms with E-state index in [1.807, 2.05) is 30.3 Å². The number of benzene rings is 2. The number of rotatable bonds is 5. The Kier molecular flexibility index (Phi) is 5.93. The van der Waals surface area contributed by atoms with Gasteiger partial charge in [-0.15, -0.1) is 0 Å². The van der Waals surface area contributed by atoms with Crippen molar-refractivity contribution >= 4 is 29.4 Å². The van der Waals surface area contributed by atoms with Gasteiger partial charge in [0, 0.05) is 5.69 Å². The predicted octanol–water partition coefficient (Wildman–Crippen LogP) is 4.08. The standard InChI is InChI=1S/C22H20N4O6/c23-17-12-24-20-19(30-11-10-26(20)22(28)29)18(17)32-16-8-6-15(7-9-16)25-21(27)31-13-14-4-2-1-3-5-14/h1-9,12H,10-11,13,23H2,(H,25,27)(H,28,29). The van der Waals surface area contributed by atoms with E-state index in [0.717, 1.165) is 10.5 Å². The predicted molar refractivity (Wildman–Crippen MR) is 116 cm³/mol. The number of hydrogen-bond donors (Lipinski definition) is 3. The van der Waals surface area contributed by atoms with Crippen LogP contribution in [0.15, 0.2) is 60.8 Å². The van der Waals surface area contributed by atoms with E-state index in [2.05, 4.69) is 10.3 Å². The molecule has 0 aliphatic carbocycles. The first-order valence-electron chi connectivity index (χ1n) is 9.68. The maximum absolute atomic E-state index is 12.0. The Bertz CT molecular complexity index is 1120. The van der Waals surface area contributed by atoms with E-state index < -0.39 is 12.2 Å². The molecule has 4 N–H and O–H groups in total. The van der Waals surface area contributed by atoms with Crippen LogP contribution < -0.4 is 25.4 Å². The first-order valence-corrected chi connectivity index (χ1v) is 9.68. The summed E-state index contributed by atoms with van der Waals surface area (Å²) >= 11 is 0.